The minimum absolute atomic E-state index is 0.178. The van der Waals surface area contributed by atoms with Gasteiger partial charge in [0, 0.05) is 19.4 Å². The number of aliphatic hydroxyl groups is 1. The minimum atomic E-state index is -0.802. The van der Waals surface area contributed by atoms with Gasteiger partial charge >= 0.3 is 0 Å². The smallest absolute Gasteiger partial charge is 0.155 e. The molecule has 1 saturated heterocycles. The van der Waals surface area contributed by atoms with E-state index in [1.54, 1.807) is 7.11 Å². The van der Waals surface area contributed by atoms with Crippen LogP contribution in [0.15, 0.2) is 78.9 Å². The van der Waals surface area contributed by atoms with Crippen LogP contribution in [0, 0.1) is 0 Å². The van der Waals surface area contributed by atoms with Gasteiger partial charge in [0.05, 0.1) is 12.7 Å². The monoisotopic (exact) mass is 447 g/mol. The van der Waals surface area contributed by atoms with Crippen LogP contribution in [0.2, 0.25) is 0 Å². The molecule has 33 heavy (non-hydrogen) atoms. The molecule has 0 radical (unpaired) electrons. The van der Waals surface area contributed by atoms with Crippen molar-refractivity contribution in [2.24, 2.45) is 0 Å². The Morgan fingerprint density at radius 1 is 0.879 bits per heavy atom. The Bertz CT molecular complexity index is 991. The van der Waals surface area contributed by atoms with E-state index >= 15 is 0 Å². The van der Waals surface area contributed by atoms with Crippen molar-refractivity contribution in [3.8, 4) is 17.2 Å². The molecule has 0 amide bonds. The summed E-state index contributed by atoms with van der Waals surface area (Å²) >= 11 is 0. The number of piperidine rings is 1. The molecule has 0 aromatic heterocycles. The summed E-state index contributed by atoms with van der Waals surface area (Å²) in [6, 6.07) is 25.8. The predicted molar refractivity (Wildman–Crippen MR) is 130 cm³/mol. The summed E-state index contributed by atoms with van der Waals surface area (Å²) in [6.07, 6.45) is 1.70. The Kier molecular flexibility index (Phi) is 7.53. The van der Waals surface area contributed by atoms with Crippen LogP contribution in [-0.2, 0) is 13.0 Å². The topological polar surface area (TPSA) is 51.2 Å². The molecule has 3 aromatic carbocycles. The maximum absolute atomic E-state index is 11.4. The molecule has 3 aromatic rings. The van der Waals surface area contributed by atoms with Gasteiger partial charge in [-0.1, -0.05) is 49.4 Å². The van der Waals surface area contributed by atoms with E-state index in [9.17, 15) is 5.11 Å². The first-order valence-electron chi connectivity index (χ1n) is 11.6. The summed E-state index contributed by atoms with van der Waals surface area (Å²) < 4.78 is 17.5. The lowest BCUT2D eigenvalue weighted by Gasteiger charge is -2.43. The highest BCUT2D eigenvalue weighted by molar-refractivity contribution is 5.32. The van der Waals surface area contributed by atoms with Gasteiger partial charge in [0.2, 0.25) is 0 Å². The Hall–Kier alpha value is -3.02. The molecule has 1 aliphatic rings. The molecule has 0 spiro atoms. The highest BCUT2D eigenvalue weighted by Gasteiger charge is 2.39. The van der Waals surface area contributed by atoms with Gasteiger partial charge in [-0.2, -0.15) is 0 Å². The zero-order valence-corrected chi connectivity index (χ0v) is 19.4. The van der Waals surface area contributed by atoms with Crippen LogP contribution in [0.1, 0.15) is 30.9 Å². The fraction of sp³-hybridized carbons (Fsp3) is 0.357. The molecule has 0 bridgehead atoms. The summed E-state index contributed by atoms with van der Waals surface area (Å²) in [7, 11) is 1.66. The van der Waals surface area contributed by atoms with Gasteiger partial charge in [-0.3, -0.25) is 4.90 Å². The lowest BCUT2D eigenvalue weighted by Crippen LogP contribution is -2.53. The number of nitrogens with zero attached hydrogens (tertiary/aromatic N) is 1. The maximum atomic E-state index is 11.4. The molecule has 2 unspecified atom stereocenters. The van der Waals surface area contributed by atoms with E-state index < -0.39 is 5.60 Å². The quantitative estimate of drug-likeness (QED) is 0.496. The van der Waals surface area contributed by atoms with Crippen molar-refractivity contribution in [2.75, 3.05) is 20.2 Å². The van der Waals surface area contributed by atoms with Crippen LogP contribution >= 0.6 is 0 Å². The number of rotatable bonds is 9. The molecule has 2 atom stereocenters. The Morgan fingerprint density at radius 3 is 2.21 bits per heavy atom. The number of ether oxygens (including phenoxy) is 3. The highest BCUT2D eigenvalue weighted by Crippen LogP contribution is 2.32. The fourth-order valence-corrected chi connectivity index (χ4v) is 4.33. The van der Waals surface area contributed by atoms with E-state index in [0.717, 1.165) is 47.9 Å². The van der Waals surface area contributed by atoms with Crippen molar-refractivity contribution < 1.29 is 19.3 Å². The lowest BCUT2D eigenvalue weighted by molar-refractivity contribution is -0.103. The van der Waals surface area contributed by atoms with E-state index in [1.165, 1.54) is 0 Å². The predicted octanol–water partition coefficient (Wildman–Crippen LogP) is 5.07. The number of likely N-dealkylation sites (tertiary alicyclic amines) is 1. The van der Waals surface area contributed by atoms with Crippen molar-refractivity contribution in [3.63, 3.8) is 0 Å². The van der Waals surface area contributed by atoms with Crippen molar-refractivity contribution in [1.82, 2.24) is 4.90 Å². The van der Waals surface area contributed by atoms with Gasteiger partial charge < -0.3 is 19.3 Å². The number of methoxy groups -OCH3 is 1. The van der Waals surface area contributed by atoms with Gasteiger partial charge in [0.1, 0.15) is 23.9 Å². The SMILES string of the molecule is CCN1CCC(O)(Cc2ccc(OC)cc2)CC1Oc1ccc(OCc2ccccc2)cc1. The zero-order valence-electron chi connectivity index (χ0n) is 19.4. The number of benzene rings is 3. The van der Waals surface area contributed by atoms with Crippen LogP contribution in [0.25, 0.3) is 0 Å². The molecule has 4 rings (SSSR count). The second-order valence-corrected chi connectivity index (χ2v) is 8.65. The minimum Gasteiger partial charge on any atom is -0.497 e. The molecule has 0 saturated carbocycles. The van der Waals surface area contributed by atoms with E-state index in [-0.39, 0.29) is 6.23 Å². The zero-order chi connectivity index (χ0) is 23.1. The van der Waals surface area contributed by atoms with E-state index in [1.807, 2.05) is 78.9 Å². The van der Waals surface area contributed by atoms with Gasteiger partial charge in [0.15, 0.2) is 6.23 Å². The second kappa shape index (κ2) is 10.7. The Morgan fingerprint density at radius 2 is 1.55 bits per heavy atom. The average molecular weight is 448 g/mol. The molecule has 1 aliphatic heterocycles. The Balaban J connectivity index is 1.37. The maximum Gasteiger partial charge on any atom is 0.155 e. The third-order valence-corrected chi connectivity index (χ3v) is 6.27. The third kappa shape index (κ3) is 6.28. The molecular formula is C28H33NO4. The van der Waals surface area contributed by atoms with Crippen molar-refractivity contribution in [1.29, 1.82) is 0 Å². The molecule has 174 valence electrons. The first kappa shape index (κ1) is 23.1. The van der Waals surface area contributed by atoms with Gasteiger partial charge in [-0.05, 0) is 60.5 Å². The Labute approximate surface area is 196 Å². The first-order valence-corrected chi connectivity index (χ1v) is 11.6. The summed E-state index contributed by atoms with van der Waals surface area (Å²) in [6.45, 7) is 4.34. The van der Waals surface area contributed by atoms with Gasteiger partial charge in [-0.15, -0.1) is 0 Å². The molecule has 1 fully saturated rings. The van der Waals surface area contributed by atoms with Crippen LogP contribution in [0.5, 0.6) is 17.2 Å². The highest BCUT2D eigenvalue weighted by atomic mass is 16.5. The molecular weight excluding hydrogens is 414 g/mol. The lowest BCUT2D eigenvalue weighted by atomic mass is 9.84. The average Bonchev–Trinajstić information content (AvgIpc) is 2.85. The molecule has 1 heterocycles. The van der Waals surface area contributed by atoms with Crippen LogP contribution in [-0.4, -0.2) is 42.0 Å². The number of hydrogen-bond acceptors (Lipinski definition) is 5. The molecule has 0 aliphatic carbocycles. The van der Waals surface area contributed by atoms with Gasteiger partial charge in [-0.25, -0.2) is 0 Å². The largest absolute Gasteiger partial charge is 0.497 e. The van der Waals surface area contributed by atoms with Crippen LogP contribution in [0.4, 0.5) is 0 Å². The van der Waals surface area contributed by atoms with Crippen molar-refractivity contribution >= 4 is 0 Å². The number of hydrogen-bond donors (Lipinski definition) is 1. The summed E-state index contributed by atoms with van der Waals surface area (Å²) in [5.74, 6) is 2.40. The van der Waals surface area contributed by atoms with Crippen LogP contribution in [0.3, 0.4) is 0 Å². The third-order valence-electron chi connectivity index (χ3n) is 6.27. The van der Waals surface area contributed by atoms with Gasteiger partial charge in [0.25, 0.3) is 0 Å². The molecule has 5 nitrogen and oxygen atoms in total. The first-order chi connectivity index (χ1) is 16.1. The van der Waals surface area contributed by atoms with E-state index in [4.69, 9.17) is 14.2 Å². The summed E-state index contributed by atoms with van der Waals surface area (Å²) in [4.78, 5) is 2.28. The summed E-state index contributed by atoms with van der Waals surface area (Å²) in [5.41, 5.74) is 1.43. The second-order valence-electron chi connectivity index (χ2n) is 8.65. The summed E-state index contributed by atoms with van der Waals surface area (Å²) in [5, 5.41) is 11.4. The van der Waals surface area contributed by atoms with Crippen LogP contribution < -0.4 is 14.2 Å². The fourth-order valence-electron chi connectivity index (χ4n) is 4.33. The standard InChI is InChI=1S/C28H33NO4/c1-3-29-18-17-28(30,19-22-9-11-24(31-2)12-10-22)20-27(29)33-26-15-13-25(14-16-26)32-21-23-7-5-4-6-8-23/h4-16,27,30H,3,17-21H2,1-2H3. The molecule has 5 heteroatoms. The molecule has 1 N–H and O–H groups in total. The van der Waals surface area contributed by atoms with E-state index in [2.05, 4.69) is 11.8 Å². The van der Waals surface area contributed by atoms with Crippen molar-refractivity contribution in [2.45, 2.75) is 44.6 Å². The normalized spacial score (nSPS) is 20.9. The van der Waals surface area contributed by atoms with Crippen molar-refractivity contribution in [3.05, 3.63) is 90.0 Å². The van der Waals surface area contributed by atoms with E-state index in [0.29, 0.717) is 19.4 Å².